The fraction of sp³-hybridized carbons (Fsp3) is 0.130. The maximum atomic E-state index is 13.0. The van der Waals surface area contributed by atoms with Crippen molar-refractivity contribution in [1.29, 1.82) is 0 Å². The monoisotopic (exact) mass is 421 g/mol. The van der Waals surface area contributed by atoms with Gasteiger partial charge in [0.05, 0.1) is 18.4 Å². The van der Waals surface area contributed by atoms with E-state index in [-0.39, 0.29) is 0 Å². The Balaban J connectivity index is 1.65. The number of hydrogen-bond donors (Lipinski definition) is 0. The Morgan fingerprint density at radius 1 is 1.03 bits per heavy atom. The first-order valence-corrected chi connectivity index (χ1v) is 9.69. The molecule has 1 amide bonds. The maximum Gasteiger partial charge on any atom is 0.415 e. The van der Waals surface area contributed by atoms with Crippen LogP contribution in [0.1, 0.15) is 33.6 Å². The molecule has 1 fully saturated rings. The second kappa shape index (κ2) is 7.07. The van der Waals surface area contributed by atoms with Gasteiger partial charge < -0.3 is 14.2 Å². The van der Waals surface area contributed by atoms with E-state index in [1.165, 1.54) is 7.11 Å². The molecule has 2 heterocycles. The summed E-state index contributed by atoms with van der Waals surface area (Å²) in [5, 5.41) is 0.487. The van der Waals surface area contributed by atoms with Crippen molar-refractivity contribution in [1.82, 2.24) is 0 Å². The zero-order valence-corrected chi connectivity index (χ0v) is 16.6. The molecule has 30 heavy (non-hydrogen) atoms. The van der Waals surface area contributed by atoms with Crippen molar-refractivity contribution in [2.45, 2.75) is 12.1 Å². The molecule has 2 atom stereocenters. The molecule has 0 bridgehead atoms. The second-order valence-corrected chi connectivity index (χ2v) is 7.42. The van der Waals surface area contributed by atoms with E-state index in [1.807, 2.05) is 24.3 Å². The molecule has 0 spiro atoms. The van der Waals surface area contributed by atoms with Crippen LogP contribution in [-0.2, 0) is 9.47 Å². The van der Waals surface area contributed by atoms with E-state index in [2.05, 4.69) is 0 Å². The smallest absolute Gasteiger partial charge is 0.415 e. The number of nitrogens with zero attached hydrogens (tertiary/aromatic N) is 1. The van der Waals surface area contributed by atoms with Crippen LogP contribution in [0.15, 0.2) is 66.7 Å². The summed E-state index contributed by atoms with van der Waals surface area (Å²) in [5.41, 5.74) is 2.54. The summed E-state index contributed by atoms with van der Waals surface area (Å²) in [7, 11) is 1.33. The van der Waals surface area contributed by atoms with Crippen molar-refractivity contribution >= 4 is 29.4 Å². The third kappa shape index (κ3) is 2.88. The van der Waals surface area contributed by atoms with E-state index in [0.717, 1.165) is 11.1 Å². The third-order valence-corrected chi connectivity index (χ3v) is 5.52. The number of benzene rings is 3. The van der Waals surface area contributed by atoms with Crippen LogP contribution in [0.25, 0.3) is 0 Å². The number of para-hydroxylation sites is 1. The molecular formula is C23H16ClNO5. The number of rotatable bonds is 2. The molecule has 0 aromatic heterocycles. The number of halogens is 1. The van der Waals surface area contributed by atoms with E-state index in [1.54, 1.807) is 47.4 Å². The Labute approximate surface area is 177 Å². The predicted octanol–water partition coefficient (Wildman–Crippen LogP) is 5.67. The number of cyclic esters (lactones) is 1. The minimum Gasteiger partial charge on any atom is -0.465 e. The lowest BCUT2D eigenvalue weighted by atomic mass is 9.94. The Morgan fingerprint density at radius 3 is 2.57 bits per heavy atom. The molecule has 0 radical (unpaired) electrons. The number of methoxy groups -OCH3 is 1. The lowest BCUT2D eigenvalue weighted by molar-refractivity contribution is 0.0600. The van der Waals surface area contributed by atoms with Gasteiger partial charge in [-0.1, -0.05) is 41.9 Å². The van der Waals surface area contributed by atoms with E-state index < -0.39 is 24.2 Å². The average molecular weight is 422 g/mol. The SMILES string of the molecule is COC(=O)c1ccc(C2OC(=O)N3c4cc(Cl)ccc4Oc4ccccc4[C@@H]23)cc1. The zero-order chi connectivity index (χ0) is 20.8. The first-order chi connectivity index (χ1) is 14.6. The lowest BCUT2D eigenvalue weighted by Crippen LogP contribution is -2.27. The fourth-order valence-electron chi connectivity index (χ4n) is 3.91. The summed E-state index contributed by atoms with van der Waals surface area (Å²) in [6.45, 7) is 0. The van der Waals surface area contributed by atoms with Crippen molar-refractivity contribution in [2.75, 3.05) is 12.0 Å². The number of anilines is 1. The quantitative estimate of drug-likeness (QED) is 0.499. The molecule has 0 saturated carbocycles. The van der Waals surface area contributed by atoms with Crippen molar-refractivity contribution in [3.63, 3.8) is 0 Å². The van der Waals surface area contributed by atoms with E-state index in [0.29, 0.717) is 27.8 Å². The highest BCUT2D eigenvalue weighted by Gasteiger charge is 2.48. The molecule has 3 aromatic carbocycles. The number of esters is 1. The Kier molecular flexibility index (Phi) is 4.37. The van der Waals surface area contributed by atoms with Gasteiger partial charge in [-0.25, -0.2) is 9.59 Å². The number of fused-ring (bicyclic) bond motifs is 5. The number of ether oxygens (including phenoxy) is 3. The summed E-state index contributed by atoms with van der Waals surface area (Å²) < 4.78 is 16.7. The van der Waals surface area contributed by atoms with Gasteiger partial charge in [-0.15, -0.1) is 0 Å². The average Bonchev–Trinajstić information content (AvgIpc) is 3.03. The minimum atomic E-state index is -0.598. The summed E-state index contributed by atoms with van der Waals surface area (Å²) in [4.78, 5) is 26.3. The van der Waals surface area contributed by atoms with E-state index in [4.69, 9.17) is 25.8 Å². The van der Waals surface area contributed by atoms with Crippen LogP contribution in [-0.4, -0.2) is 19.2 Å². The van der Waals surface area contributed by atoms with Gasteiger partial charge in [-0.2, -0.15) is 0 Å². The summed E-state index contributed by atoms with van der Waals surface area (Å²) in [6.07, 6.45) is -1.09. The summed E-state index contributed by atoms with van der Waals surface area (Å²) in [6, 6.07) is 19.1. The largest absolute Gasteiger partial charge is 0.465 e. The van der Waals surface area contributed by atoms with Gasteiger partial charge in [0.1, 0.15) is 11.8 Å². The van der Waals surface area contributed by atoms with Gasteiger partial charge in [0.15, 0.2) is 11.9 Å². The van der Waals surface area contributed by atoms with Crippen molar-refractivity contribution in [3.05, 3.63) is 88.4 Å². The van der Waals surface area contributed by atoms with Gasteiger partial charge in [-0.3, -0.25) is 4.90 Å². The minimum absolute atomic E-state index is 0.421. The molecule has 150 valence electrons. The van der Waals surface area contributed by atoms with Crippen LogP contribution < -0.4 is 9.64 Å². The number of carbonyl (C=O) groups is 2. The highest BCUT2D eigenvalue weighted by molar-refractivity contribution is 6.31. The molecule has 1 saturated heterocycles. The molecule has 2 aliphatic rings. The fourth-order valence-corrected chi connectivity index (χ4v) is 4.07. The highest BCUT2D eigenvalue weighted by atomic mass is 35.5. The van der Waals surface area contributed by atoms with Crippen molar-refractivity contribution in [3.8, 4) is 11.5 Å². The Morgan fingerprint density at radius 2 is 1.80 bits per heavy atom. The first kappa shape index (κ1) is 18.5. The first-order valence-electron chi connectivity index (χ1n) is 9.31. The topological polar surface area (TPSA) is 65.1 Å². The van der Waals surface area contributed by atoms with Crippen LogP contribution in [0, 0.1) is 0 Å². The van der Waals surface area contributed by atoms with Crippen LogP contribution >= 0.6 is 11.6 Å². The van der Waals surface area contributed by atoms with Crippen LogP contribution in [0.5, 0.6) is 11.5 Å². The molecule has 3 aromatic rings. The van der Waals surface area contributed by atoms with Gasteiger partial charge in [-0.05, 0) is 42.0 Å². The van der Waals surface area contributed by atoms with Crippen molar-refractivity contribution in [2.24, 2.45) is 0 Å². The molecule has 6 nitrogen and oxygen atoms in total. The van der Waals surface area contributed by atoms with Crippen LogP contribution in [0.2, 0.25) is 5.02 Å². The normalized spacial score (nSPS) is 19.0. The summed E-state index contributed by atoms with van der Waals surface area (Å²) >= 11 is 6.22. The molecule has 7 heteroatoms. The van der Waals surface area contributed by atoms with Crippen LogP contribution in [0.4, 0.5) is 10.5 Å². The predicted molar refractivity (Wildman–Crippen MR) is 110 cm³/mol. The van der Waals surface area contributed by atoms with Crippen molar-refractivity contribution < 1.29 is 23.8 Å². The Hall–Kier alpha value is -3.51. The number of amides is 1. The molecular weight excluding hydrogens is 406 g/mol. The molecule has 5 rings (SSSR count). The van der Waals surface area contributed by atoms with E-state index >= 15 is 0 Å². The number of hydrogen-bond acceptors (Lipinski definition) is 5. The molecule has 0 N–H and O–H groups in total. The van der Waals surface area contributed by atoms with Gasteiger partial charge in [0, 0.05) is 10.6 Å². The van der Waals surface area contributed by atoms with Gasteiger partial charge >= 0.3 is 12.1 Å². The Bertz CT molecular complexity index is 1160. The van der Waals surface area contributed by atoms with Gasteiger partial charge in [0.2, 0.25) is 0 Å². The zero-order valence-electron chi connectivity index (χ0n) is 15.9. The van der Waals surface area contributed by atoms with Gasteiger partial charge in [0.25, 0.3) is 0 Å². The van der Waals surface area contributed by atoms with E-state index in [9.17, 15) is 9.59 Å². The molecule has 0 aliphatic carbocycles. The second-order valence-electron chi connectivity index (χ2n) is 6.98. The highest BCUT2D eigenvalue weighted by Crippen LogP contribution is 2.53. The lowest BCUT2D eigenvalue weighted by Gasteiger charge is -2.24. The van der Waals surface area contributed by atoms with Crippen LogP contribution in [0.3, 0.4) is 0 Å². The molecule has 1 unspecified atom stereocenters. The standard InChI is InChI=1S/C23H16ClNO5/c1-28-22(26)14-8-6-13(7-9-14)21-20-16-4-2-3-5-18(16)29-19-11-10-15(24)12-17(19)25(20)23(27)30-21/h2-12,20-21H,1H3/t20-,21?/m0/s1. The number of carbonyl (C=O) groups excluding carboxylic acids is 2. The molecule has 2 aliphatic heterocycles. The summed E-state index contributed by atoms with van der Waals surface area (Å²) in [5.74, 6) is 0.736. The maximum absolute atomic E-state index is 13.0. The third-order valence-electron chi connectivity index (χ3n) is 5.29.